The van der Waals surface area contributed by atoms with Crippen molar-refractivity contribution in [2.24, 2.45) is 11.7 Å². The minimum absolute atomic E-state index is 0.102. The van der Waals surface area contributed by atoms with E-state index in [0.717, 1.165) is 31.2 Å². The number of hydrogen-bond acceptors (Lipinski definition) is 3. The van der Waals surface area contributed by atoms with Crippen LogP contribution >= 0.6 is 11.6 Å². The molecular weight excluding hydrogens is 350 g/mol. The molecule has 0 spiro atoms. The summed E-state index contributed by atoms with van der Waals surface area (Å²) in [5, 5.41) is 3.70. The van der Waals surface area contributed by atoms with Crippen molar-refractivity contribution < 1.29 is 4.79 Å². The van der Waals surface area contributed by atoms with Gasteiger partial charge in [-0.2, -0.15) is 0 Å². The van der Waals surface area contributed by atoms with Crippen molar-refractivity contribution in [2.45, 2.75) is 38.3 Å². The number of nitrogens with one attached hydrogen (secondary N) is 1. The summed E-state index contributed by atoms with van der Waals surface area (Å²) in [4.78, 5) is 24.8. The molecule has 6 heteroatoms. The summed E-state index contributed by atoms with van der Waals surface area (Å²) >= 11 is 6.18. The normalized spacial score (nSPS) is 19.9. The van der Waals surface area contributed by atoms with Gasteiger partial charge in [-0.15, -0.1) is 0 Å². The molecule has 138 valence electrons. The fourth-order valence-electron chi connectivity index (χ4n) is 3.53. The highest BCUT2D eigenvalue weighted by Crippen LogP contribution is 2.23. The lowest BCUT2D eigenvalue weighted by atomic mass is 9.84. The Balaban J connectivity index is 1.77. The molecule has 0 aliphatic heterocycles. The van der Waals surface area contributed by atoms with Gasteiger partial charge in [0, 0.05) is 23.3 Å². The first kappa shape index (κ1) is 18.7. The van der Waals surface area contributed by atoms with Crippen molar-refractivity contribution in [3.8, 4) is 0 Å². The van der Waals surface area contributed by atoms with Crippen molar-refractivity contribution in [1.29, 1.82) is 0 Å². The Morgan fingerprint density at radius 3 is 2.73 bits per heavy atom. The number of pyridine rings is 1. The Labute approximate surface area is 158 Å². The van der Waals surface area contributed by atoms with Crippen LogP contribution in [-0.2, 0) is 6.54 Å². The topological polar surface area (TPSA) is 77.1 Å². The van der Waals surface area contributed by atoms with E-state index in [2.05, 4.69) is 5.32 Å². The predicted molar refractivity (Wildman–Crippen MR) is 104 cm³/mol. The maximum atomic E-state index is 12.7. The first-order valence-electron chi connectivity index (χ1n) is 9.03. The van der Waals surface area contributed by atoms with Crippen LogP contribution in [0.4, 0.5) is 0 Å². The number of hydrogen-bond donors (Lipinski definition) is 2. The third kappa shape index (κ3) is 4.34. The zero-order valence-electron chi connectivity index (χ0n) is 14.7. The lowest BCUT2D eigenvalue weighted by Gasteiger charge is -2.31. The lowest BCUT2D eigenvalue weighted by Crippen LogP contribution is -2.44. The number of rotatable bonds is 5. The smallest absolute Gasteiger partial charge is 0.252 e. The molecule has 1 fully saturated rings. The zero-order chi connectivity index (χ0) is 18.5. The predicted octanol–water partition coefficient (Wildman–Crippen LogP) is 2.80. The van der Waals surface area contributed by atoms with Crippen molar-refractivity contribution in [1.82, 2.24) is 9.88 Å². The molecule has 1 saturated carbocycles. The van der Waals surface area contributed by atoms with Crippen molar-refractivity contribution in [3.63, 3.8) is 0 Å². The average molecular weight is 374 g/mol. The molecule has 5 nitrogen and oxygen atoms in total. The van der Waals surface area contributed by atoms with Crippen LogP contribution in [0, 0.1) is 5.92 Å². The van der Waals surface area contributed by atoms with E-state index >= 15 is 0 Å². The van der Waals surface area contributed by atoms with Gasteiger partial charge in [0.25, 0.3) is 11.5 Å². The van der Waals surface area contributed by atoms with Gasteiger partial charge in [0.05, 0.1) is 12.1 Å². The number of carbonyl (C=O) groups excluding carboxylic acids is 1. The van der Waals surface area contributed by atoms with Crippen LogP contribution in [-0.4, -0.2) is 23.1 Å². The maximum Gasteiger partial charge on any atom is 0.252 e. The highest BCUT2D eigenvalue weighted by atomic mass is 35.5. The summed E-state index contributed by atoms with van der Waals surface area (Å²) in [5.74, 6) is 0.157. The standard InChI is InChI=1S/C20H24ClN3O2/c21-17-7-3-1-6-15(17)12-24-13-16(9-10-19(24)25)20(26)23-18-8-4-2-5-14(18)11-22/h1,3,6-7,9-10,13-14,18H,2,4-5,8,11-12,22H2,(H,23,26). The summed E-state index contributed by atoms with van der Waals surface area (Å²) in [7, 11) is 0. The molecule has 1 aliphatic carbocycles. The van der Waals surface area contributed by atoms with Gasteiger partial charge >= 0.3 is 0 Å². The Kier molecular flexibility index (Phi) is 6.12. The minimum atomic E-state index is -0.168. The van der Waals surface area contributed by atoms with Gasteiger partial charge in [-0.25, -0.2) is 0 Å². The summed E-state index contributed by atoms with van der Waals surface area (Å²) < 4.78 is 1.51. The van der Waals surface area contributed by atoms with Crippen LogP contribution in [0.1, 0.15) is 41.6 Å². The van der Waals surface area contributed by atoms with E-state index in [1.165, 1.54) is 10.6 Å². The highest BCUT2D eigenvalue weighted by molar-refractivity contribution is 6.31. The van der Waals surface area contributed by atoms with Crippen molar-refractivity contribution in [3.05, 3.63) is 69.1 Å². The number of halogens is 1. The van der Waals surface area contributed by atoms with Gasteiger partial charge in [0.2, 0.25) is 0 Å². The SMILES string of the molecule is NCC1CCCCC1NC(=O)c1ccc(=O)n(Cc2ccccc2Cl)c1. The molecule has 2 unspecified atom stereocenters. The molecule has 0 bridgehead atoms. The van der Waals surface area contributed by atoms with Crippen LogP contribution in [0.25, 0.3) is 0 Å². The van der Waals surface area contributed by atoms with E-state index in [4.69, 9.17) is 17.3 Å². The van der Waals surface area contributed by atoms with E-state index in [1.54, 1.807) is 18.3 Å². The van der Waals surface area contributed by atoms with Gasteiger partial charge < -0.3 is 15.6 Å². The van der Waals surface area contributed by atoms with Crippen molar-refractivity contribution in [2.75, 3.05) is 6.54 Å². The fraction of sp³-hybridized carbons (Fsp3) is 0.400. The van der Waals surface area contributed by atoms with E-state index in [-0.39, 0.29) is 17.5 Å². The first-order valence-corrected chi connectivity index (χ1v) is 9.41. The maximum absolute atomic E-state index is 12.7. The van der Waals surface area contributed by atoms with E-state index in [1.807, 2.05) is 18.2 Å². The number of aromatic nitrogens is 1. The molecule has 0 saturated heterocycles. The minimum Gasteiger partial charge on any atom is -0.349 e. The summed E-state index contributed by atoms with van der Waals surface area (Å²) in [6.07, 6.45) is 5.87. The van der Waals surface area contributed by atoms with Gasteiger partial charge in [-0.3, -0.25) is 9.59 Å². The molecule has 1 aromatic heterocycles. The van der Waals surface area contributed by atoms with E-state index in [0.29, 0.717) is 29.6 Å². The number of benzene rings is 1. The molecule has 0 radical (unpaired) electrons. The molecule has 3 N–H and O–H groups in total. The lowest BCUT2D eigenvalue weighted by molar-refractivity contribution is 0.0907. The molecule has 1 aliphatic rings. The van der Waals surface area contributed by atoms with Crippen LogP contribution in [0.5, 0.6) is 0 Å². The fourth-order valence-corrected chi connectivity index (χ4v) is 3.73. The van der Waals surface area contributed by atoms with E-state index in [9.17, 15) is 9.59 Å². The monoisotopic (exact) mass is 373 g/mol. The Bertz CT molecular complexity index is 834. The molecule has 26 heavy (non-hydrogen) atoms. The summed E-state index contributed by atoms with van der Waals surface area (Å²) in [6, 6.07) is 10.5. The largest absolute Gasteiger partial charge is 0.349 e. The number of carbonyl (C=O) groups is 1. The number of nitrogens with zero attached hydrogens (tertiary/aromatic N) is 1. The van der Waals surface area contributed by atoms with Crippen LogP contribution in [0.3, 0.4) is 0 Å². The molecule has 2 atom stereocenters. The second kappa shape index (κ2) is 8.52. The molecule has 1 amide bonds. The average Bonchev–Trinajstić information content (AvgIpc) is 2.65. The Morgan fingerprint density at radius 2 is 1.96 bits per heavy atom. The first-order chi connectivity index (χ1) is 12.6. The van der Waals surface area contributed by atoms with E-state index < -0.39 is 0 Å². The molecule has 3 rings (SSSR count). The van der Waals surface area contributed by atoms with Gasteiger partial charge in [0.1, 0.15) is 0 Å². The van der Waals surface area contributed by atoms with Gasteiger partial charge in [-0.1, -0.05) is 42.6 Å². The van der Waals surface area contributed by atoms with Crippen LogP contribution in [0.15, 0.2) is 47.4 Å². The Morgan fingerprint density at radius 1 is 1.19 bits per heavy atom. The molecule has 2 aromatic rings. The number of nitrogens with two attached hydrogens (primary N) is 1. The second-order valence-corrected chi connectivity index (χ2v) is 7.24. The second-order valence-electron chi connectivity index (χ2n) is 6.84. The molecule has 1 aromatic carbocycles. The summed E-state index contributed by atoms with van der Waals surface area (Å²) in [6.45, 7) is 0.908. The highest BCUT2D eigenvalue weighted by Gasteiger charge is 2.25. The molecule has 1 heterocycles. The number of amides is 1. The zero-order valence-corrected chi connectivity index (χ0v) is 15.4. The van der Waals surface area contributed by atoms with Gasteiger partial charge in [0.15, 0.2) is 0 Å². The third-order valence-corrected chi connectivity index (χ3v) is 5.44. The van der Waals surface area contributed by atoms with Crippen LogP contribution < -0.4 is 16.6 Å². The van der Waals surface area contributed by atoms with Crippen molar-refractivity contribution >= 4 is 17.5 Å². The summed E-state index contributed by atoms with van der Waals surface area (Å²) in [5.41, 5.74) is 6.98. The molecular formula is C20H24ClN3O2. The third-order valence-electron chi connectivity index (χ3n) is 5.07. The Hall–Kier alpha value is -2.11. The van der Waals surface area contributed by atoms with Gasteiger partial charge in [-0.05, 0) is 43.0 Å². The quantitative estimate of drug-likeness (QED) is 0.846. The van der Waals surface area contributed by atoms with Crippen LogP contribution in [0.2, 0.25) is 5.02 Å².